The molecule has 1 unspecified atom stereocenters. The van der Waals surface area contributed by atoms with Crippen LogP contribution in [0.4, 0.5) is 0 Å². The van der Waals surface area contributed by atoms with Gasteiger partial charge in [0.1, 0.15) is 12.2 Å². The van der Waals surface area contributed by atoms with Crippen molar-refractivity contribution in [3.63, 3.8) is 0 Å². The van der Waals surface area contributed by atoms with E-state index >= 15 is 0 Å². The van der Waals surface area contributed by atoms with E-state index in [1.54, 1.807) is 12.3 Å². The maximum absolute atomic E-state index is 9.30. The molecule has 0 bridgehead atoms. The summed E-state index contributed by atoms with van der Waals surface area (Å²) in [5.74, 6) is -0.316. The third-order valence-electron chi connectivity index (χ3n) is 2.88. The van der Waals surface area contributed by atoms with Crippen molar-refractivity contribution in [2.24, 2.45) is 0 Å². The van der Waals surface area contributed by atoms with Crippen LogP contribution in [0.2, 0.25) is 0 Å². The van der Waals surface area contributed by atoms with Gasteiger partial charge in [0.25, 0.3) is 0 Å². The number of rotatable bonds is 4. The van der Waals surface area contributed by atoms with Crippen molar-refractivity contribution in [1.82, 2.24) is 9.97 Å². The number of hydrogen-bond acceptors (Lipinski definition) is 3. The summed E-state index contributed by atoms with van der Waals surface area (Å²) in [7, 11) is 0. The highest BCUT2D eigenvalue weighted by Gasteiger charge is 2.14. The highest BCUT2D eigenvalue weighted by molar-refractivity contribution is 5.35. The van der Waals surface area contributed by atoms with Gasteiger partial charge in [-0.25, -0.2) is 9.97 Å². The minimum atomic E-state index is -0.316. The lowest BCUT2D eigenvalue weighted by Crippen LogP contribution is -2.01. The van der Waals surface area contributed by atoms with Crippen LogP contribution < -0.4 is 0 Å². The minimum absolute atomic E-state index is 0.316. The summed E-state index contributed by atoms with van der Waals surface area (Å²) in [5.41, 5.74) is 3.03. The van der Waals surface area contributed by atoms with E-state index in [1.807, 2.05) is 12.1 Å². The van der Waals surface area contributed by atoms with Gasteiger partial charge < -0.3 is 0 Å². The lowest BCUT2D eigenvalue weighted by atomic mass is 9.95. The molecule has 2 rings (SSSR count). The quantitative estimate of drug-likeness (QED) is 0.821. The Balaban J connectivity index is 2.26. The molecule has 90 valence electrons. The Bertz CT molecular complexity index is 526. The maximum atomic E-state index is 9.30. The van der Waals surface area contributed by atoms with Gasteiger partial charge in [0, 0.05) is 6.20 Å². The van der Waals surface area contributed by atoms with Crippen LogP contribution in [0.25, 0.3) is 0 Å². The zero-order valence-electron chi connectivity index (χ0n) is 10.4. The molecule has 1 aromatic carbocycles. The van der Waals surface area contributed by atoms with Gasteiger partial charge in [-0.1, -0.05) is 37.6 Å². The Hall–Kier alpha value is -2.21. The highest BCUT2D eigenvalue weighted by Crippen LogP contribution is 2.22. The van der Waals surface area contributed by atoms with E-state index in [1.165, 1.54) is 11.9 Å². The molecule has 0 spiro atoms. The molecule has 3 nitrogen and oxygen atoms in total. The van der Waals surface area contributed by atoms with Crippen molar-refractivity contribution < 1.29 is 0 Å². The van der Waals surface area contributed by atoms with E-state index in [9.17, 15) is 5.26 Å². The first-order valence-electron chi connectivity index (χ1n) is 6.09. The zero-order chi connectivity index (χ0) is 12.8. The third kappa shape index (κ3) is 2.72. The molecule has 1 aromatic heterocycles. The molecule has 0 saturated carbocycles. The molecule has 18 heavy (non-hydrogen) atoms. The molecule has 0 N–H and O–H groups in total. The van der Waals surface area contributed by atoms with Crippen molar-refractivity contribution in [3.05, 3.63) is 59.7 Å². The van der Waals surface area contributed by atoms with E-state index in [-0.39, 0.29) is 5.92 Å². The summed E-state index contributed by atoms with van der Waals surface area (Å²) in [5, 5.41) is 9.30. The van der Waals surface area contributed by atoms with Crippen LogP contribution in [-0.4, -0.2) is 9.97 Å². The zero-order valence-corrected chi connectivity index (χ0v) is 10.4. The Kier molecular flexibility index (Phi) is 4.03. The second kappa shape index (κ2) is 5.92. The molecule has 0 radical (unpaired) electrons. The highest BCUT2D eigenvalue weighted by atomic mass is 14.8. The number of aromatic nitrogens is 2. The van der Waals surface area contributed by atoms with Crippen molar-refractivity contribution in [2.45, 2.75) is 25.7 Å². The van der Waals surface area contributed by atoms with Crippen LogP contribution in [0.15, 0.2) is 42.9 Å². The lowest BCUT2D eigenvalue weighted by molar-refractivity contribution is 0.912. The van der Waals surface area contributed by atoms with Gasteiger partial charge in [0.05, 0.1) is 11.8 Å². The SMILES string of the molecule is CCCc1ccc(C(C#N)c2ccncn2)cc1. The normalized spacial score (nSPS) is 11.8. The van der Waals surface area contributed by atoms with Crippen molar-refractivity contribution in [3.8, 4) is 6.07 Å². The molecule has 0 saturated heterocycles. The number of aryl methyl sites for hydroxylation is 1. The fourth-order valence-corrected chi connectivity index (χ4v) is 1.95. The van der Waals surface area contributed by atoms with Crippen molar-refractivity contribution >= 4 is 0 Å². The molecular weight excluding hydrogens is 222 g/mol. The molecule has 0 amide bonds. The number of hydrogen-bond donors (Lipinski definition) is 0. The largest absolute Gasteiger partial charge is 0.245 e. The maximum Gasteiger partial charge on any atom is 0.115 e. The van der Waals surface area contributed by atoms with Gasteiger partial charge in [-0.2, -0.15) is 5.26 Å². The second-order valence-electron chi connectivity index (χ2n) is 4.19. The number of benzene rings is 1. The fourth-order valence-electron chi connectivity index (χ4n) is 1.95. The summed E-state index contributed by atoms with van der Waals surface area (Å²) in [6.45, 7) is 2.16. The van der Waals surface area contributed by atoms with E-state index < -0.39 is 0 Å². The van der Waals surface area contributed by atoms with E-state index in [0.29, 0.717) is 0 Å². The molecule has 2 aromatic rings. The van der Waals surface area contributed by atoms with E-state index in [0.717, 1.165) is 24.1 Å². The van der Waals surface area contributed by atoms with Gasteiger partial charge in [0.2, 0.25) is 0 Å². The third-order valence-corrected chi connectivity index (χ3v) is 2.88. The van der Waals surface area contributed by atoms with Gasteiger partial charge in [-0.15, -0.1) is 0 Å². The van der Waals surface area contributed by atoms with Crippen LogP contribution in [-0.2, 0) is 6.42 Å². The molecule has 1 heterocycles. The molecule has 1 atom stereocenters. The topological polar surface area (TPSA) is 49.6 Å². The number of nitriles is 1. The first-order chi connectivity index (χ1) is 8.85. The van der Waals surface area contributed by atoms with Crippen molar-refractivity contribution in [2.75, 3.05) is 0 Å². The van der Waals surface area contributed by atoms with Gasteiger partial charge in [0.15, 0.2) is 0 Å². The van der Waals surface area contributed by atoms with Crippen LogP contribution in [0.1, 0.15) is 36.1 Å². The minimum Gasteiger partial charge on any atom is -0.245 e. The van der Waals surface area contributed by atoms with Gasteiger partial charge in [-0.05, 0) is 23.6 Å². The van der Waals surface area contributed by atoms with Crippen LogP contribution in [0.3, 0.4) is 0 Å². The predicted molar refractivity (Wildman–Crippen MR) is 69.9 cm³/mol. The van der Waals surface area contributed by atoms with E-state index in [4.69, 9.17) is 0 Å². The van der Waals surface area contributed by atoms with Crippen molar-refractivity contribution in [1.29, 1.82) is 5.26 Å². The molecule has 0 aliphatic heterocycles. The summed E-state index contributed by atoms with van der Waals surface area (Å²) in [6.07, 6.45) is 5.35. The van der Waals surface area contributed by atoms with Crippen LogP contribution >= 0.6 is 0 Å². The molecule has 0 fully saturated rings. The predicted octanol–water partition coefficient (Wildman–Crippen LogP) is 3.08. The summed E-state index contributed by atoms with van der Waals surface area (Å²) >= 11 is 0. The summed E-state index contributed by atoms with van der Waals surface area (Å²) in [6, 6.07) is 12.3. The smallest absolute Gasteiger partial charge is 0.115 e. The van der Waals surface area contributed by atoms with Gasteiger partial charge >= 0.3 is 0 Å². The molecule has 0 aliphatic carbocycles. The van der Waals surface area contributed by atoms with E-state index in [2.05, 4.69) is 35.1 Å². The van der Waals surface area contributed by atoms with Crippen LogP contribution in [0.5, 0.6) is 0 Å². The standard InChI is InChI=1S/C15H15N3/c1-2-3-12-4-6-13(7-5-12)14(10-16)15-8-9-17-11-18-15/h4-9,11,14H,2-3H2,1H3. The number of nitrogens with zero attached hydrogens (tertiary/aromatic N) is 3. The Morgan fingerprint density at radius 1 is 1.22 bits per heavy atom. The fraction of sp³-hybridized carbons (Fsp3) is 0.267. The average molecular weight is 237 g/mol. The lowest BCUT2D eigenvalue weighted by Gasteiger charge is -2.09. The molecular formula is C15H15N3. The monoisotopic (exact) mass is 237 g/mol. The molecule has 0 aliphatic rings. The first kappa shape index (κ1) is 12.3. The molecule has 3 heteroatoms. The van der Waals surface area contributed by atoms with Crippen LogP contribution in [0, 0.1) is 11.3 Å². The Morgan fingerprint density at radius 2 is 2.00 bits per heavy atom. The Labute approximate surface area is 107 Å². The van der Waals surface area contributed by atoms with Gasteiger partial charge in [-0.3, -0.25) is 0 Å². The summed E-state index contributed by atoms with van der Waals surface area (Å²) < 4.78 is 0. The first-order valence-corrected chi connectivity index (χ1v) is 6.09. The second-order valence-corrected chi connectivity index (χ2v) is 4.19. The Morgan fingerprint density at radius 3 is 2.56 bits per heavy atom. The average Bonchev–Trinajstić information content (AvgIpc) is 2.43. The summed E-state index contributed by atoms with van der Waals surface area (Å²) in [4.78, 5) is 8.03.